The van der Waals surface area contributed by atoms with Crippen LogP contribution in [0.15, 0.2) is 12.1 Å². The van der Waals surface area contributed by atoms with Crippen molar-refractivity contribution in [3.63, 3.8) is 0 Å². The summed E-state index contributed by atoms with van der Waals surface area (Å²) in [5, 5.41) is 18.1. The minimum Gasteiger partial charge on any atom is -0.506 e. The second kappa shape index (κ2) is 5.03. The largest absolute Gasteiger partial charge is 0.506 e. The predicted octanol–water partition coefficient (Wildman–Crippen LogP) is 1.68. The highest BCUT2D eigenvalue weighted by molar-refractivity contribution is 6.32. The van der Waals surface area contributed by atoms with Crippen LogP contribution in [-0.2, 0) is 0 Å². The zero-order valence-electron chi connectivity index (χ0n) is 8.95. The number of alkyl halides is 2. The second-order valence-electron chi connectivity index (χ2n) is 3.41. The molecule has 1 aromatic carbocycles. The highest BCUT2D eigenvalue weighted by Crippen LogP contribution is 2.42. The molecule has 0 aliphatic rings. The summed E-state index contributed by atoms with van der Waals surface area (Å²) in [5.74, 6) is -4.19. The van der Waals surface area contributed by atoms with Crippen molar-refractivity contribution in [3.8, 4) is 11.5 Å². The van der Waals surface area contributed by atoms with Gasteiger partial charge >= 0.3 is 0 Å². The smallest absolute Gasteiger partial charge is 0.289 e. The Balaban J connectivity index is 3.33. The van der Waals surface area contributed by atoms with E-state index < -0.39 is 24.3 Å². The van der Waals surface area contributed by atoms with E-state index in [-0.39, 0.29) is 16.3 Å². The number of methoxy groups -OCH3 is 1. The van der Waals surface area contributed by atoms with Gasteiger partial charge < -0.3 is 20.7 Å². The minimum atomic E-state index is -3.59. The van der Waals surface area contributed by atoms with Gasteiger partial charge in [-0.15, -0.1) is 0 Å². The molecule has 0 saturated heterocycles. The molecular weight excluding hydrogens is 256 g/mol. The number of phenols is 1. The zero-order chi connectivity index (χ0) is 13.2. The number of halogens is 3. The van der Waals surface area contributed by atoms with Gasteiger partial charge in [-0.3, -0.25) is 0 Å². The van der Waals surface area contributed by atoms with Crippen molar-refractivity contribution >= 4 is 11.6 Å². The van der Waals surface area contributed by atoms with Crippen LogP contribution in [0.2, 0.25) is 5.02 Å². The molecule has 7 heteroatoms. The Hall–Kier alpha value is -1.11. The first-order chi connectivity index (χ1) is 7.85. The standard InChI is InChI=1S/C10H12ClF2NO3/c1-17-6-3-2-5(11)8(16)7(6)9(14)10(12,13)4-15/h2-3,9,15-16H,4,14H2,1H3/t9-/m1/s1. The van der Waals surface area contributed by atoms with E-state index >= 15 is 0 Å². The zero-order valence-corrected chi connectivity index (χ0v) is 9.71. The van der Waals surface area contributed by atoms with Crippen LogP contribution in [-0.4, -0.2) is 29.9 Å². The Morgan fingerprint density at radius 1 is 1.53 bits per heavy atom. The Morgan fingerprint density at radius 2 is 2.12 bits per heavy atom. The molecule has 1 aromatic rings. The molecular formula is C10H12ClF2NO3. The number of hydrogen-bond acceptors (Lipinski definition) is 4. The van der Waals surface area contributed by atoms with Crippen LogP contribution in [0.5, 0.6) is 11.5 Å². The molecule has 0 fully saturated rings. The van der Waals surface area contributed by atoms with E-state index in [9.17, 15) is 13.9 Å². The monoisotopic (exact) mass is 267 g/mol. The summed E-state index contributed by atoms with van der Waals surface area (Å²) in [6, 6.07) is 0.689. The third-order valence-corrected chi connectivity index (χ3v) is 2.63. The summed E-state index contributed by atoms with van der Waals surface area (Å²) >= 11 is 5.61. The SMILES string of the molecule is COc1ccc(Cl)c(O)c1[C@@H](N)C(F)(F)CO. The molecule has 1 rings (SSSR count). The summed E-state index contributed by atoms with van der Waals surface area (Å²) in [6.07, 6.45) is 0. The first-order valence-corrected chi connectivity index (χ1v) is 5.02. The number of benzene rings is 1. The molecule has 0 amide bonds. The van der Waals surface area contributed by atoms with Crippen LogP contribution in [0.1, 0.15) is 11.6 Å². The lowest BCUT2D eigenvalue weighted by Crippen LogP contribution is -2.36. The molecule has 1 atom stereocenters. The summed E-state index contributed by atoms with van der Waals surface area (Å²) in [5.41, 5.74) is 4.99. The van der Waals surface area contributed by atoms with E-state index in [1.165, 1.54) is 19.2 Å². The molecule has 17 heavy (non-hydrogen) atoms. The summed E-state index contributed by atoms with van der Waals surface area (Å²) < 4.78 is 31.4. The van der Waals surface area contributed by atoms with Crippen LogP contribution in [0.25, 0.3) is 0 Å². The van der Waals surface area contributed by atoms with Gasteiger partial charge in [0.2, 0.25) is 0 Å². The first kappa shape index (κ1) is 14.0. The lowest BCUT2D eigenvalue weighted by atomic mass is 9.99. The number of ether oxygens (including phenoxy) is 1. The average Bonchev–Trinajstić information content (AvgIpc) is 2.31. The fourth-order valence-corrected chi connectivity index (χ4v) is 1.52. The molecule has 0 saturated carbocycles. The Kier molecular flexibility index (Phi) is 4.13. The fourth-order valence-electron chi connectivity index (χ4n) is 1.35. The Labute approximate surface area is 102 Å². The molecule has 0 radical (unpaired) electrons. The van der Waals surface area contributed by atoms with Gasteiger partial charge in [0.05, 0.1) is 17.7 Å². The highest BCUT2D eigenvalue weighted by atomic mass is 35.5. The van der Waals surface area contributed by atoms with Gasteiger partial charge in [0, 0.05) is 0 Å². The van der Waals surface area contributed by atoms with Gasteiger partial charge in [0.25, 0.3) is 5.92 Å². The summed E-state index contributed by atoms with van der Waals surface area (Å²) in [6.45, 7) is -1.44. The number of aliphatic hydroxyl groups excluding tert-OH is 1. The molecule has 0 unspecified atom stereocenters. The van der Waals surface area contributed by atoms with Crippen molar-refractivity contribution in [1.29, 1.82) is 0 Å². The van der Waals surface area contributed by atoms with Crippen LogP contribution in [0.4, 0.5) is 8.78 Å². The molecule has 4 nitrogen and oxygen atoms in total. The van der Waals surface area contributed by atoms with Gasteiger partial charge in [-0.1, -0.05) is 11.6 Å². The van der Waals surface area contributed by atoms with E-state index in [0.717, 1.165) is 0 Å². The van der Waals surface area contributed by atoms with Crippen molar-refractivity contribution < 1.29 is 23.7 Å². The van der Waals surface area contributed by atoms with E-state index in [0.29, 0.717) is 0 Å². The molecule has 96 valence electrons. The molecule has 0 spiro atoms. The summed E-state index contributed by atoms with van der Waals surface area (Å²) in [4.78, 5) is 0. The van der Waals surface area contributed by atoms with Crippen LogP contribution >= 0.6 is 11.6 Å². The van der Waals surface area contributed by atoms with Crippen LogP contribution in [0.3, 0.4) is 0 Å². The number of aromatic hydroxyl groups is 1. The lowest BCUT2D eigenvalue weighted by Gasteiger charge is -2.24. The molecule has 4 N–H and O–H groups in total. The normalized spacial score (nSPS) is 13.5. The van der Waals surface area contributed by atoms with Gasteiger partial charge in [-0.25, -0.2) is 8.78 Å². The fraction of sp³-hybridized carbons (Fsp3) is 0.400. The van der Waals surface area contributed by atoms with E-state index in [2.05, 4.69) is 0 Å². The third-order valence-electron chi connectivity index (χ3n) is 2.32. The van der Waals surface area contributed by atoms with Crippen LogP contribution < -0.4 is 10.5 Å². The maximum absolute atomic E-state index is 13.3. The van der Waals surface area contributed by atoms with Crippen molar-refractivity contribution in [3.05, 3.63) is 22.7 Å². The number of hydrogen-bond donors (Lipinski definition) is 3. The molecule has 0 heterocycles. The maximum atomic E-state index is 13.3. The molecule has 0 bridgehead atoms. The quantitative estimate of drug-likeness (QED) is 0.776. The first-order valence-electron chi connectivity index (χ1n) is 4.64. The molecule has 0 aliphatic heterocycles. The second-order valence-corrected chi connectivity index (χ2v) is 3.82. The lowest BCUT2D eigenvalue weighted by molar-refractivity contribution is -0.0719. The number of phenolic OH excluding ortho intramolecular Hbond substituents is 1. The predicted molar refractivity (Wildman–Crippen MR) is 58.6 cm³/mol. The number of rotatable bonds is 4. The Morgan fingerprint density at radius 3 is 2.59 bits per heavy atom. The highest BCUT2D eigenvalue weighted by Gasteiger charge is 2.40. The molecule has 0 aliphatic carbocycles. The van der Waals surface area contributed by atoms with E-state index in [4.69, 9.17) is 27.2 Å². The Bertz CT molecular complexity index is 415. The minimum absolute atomic E-state index is 0.0208. The van der Waals surface area contributed by atoms with Crippen molar-refractivity contribution in [2.45, 2.75) is 12.0 Å². The summed E-state index contributed by atoms with van der Waals surface area (Å²) in [7, 11) is 1.25. The van der Waals surface area contributed by atoms with E-state index in [1.807, 2.05) is 0 Å². The third kappa shape index (κ3) is 2.59. The number of aliphatic hydroxyl groups is 1. The van der Waals surface area contributed by atoms with Crippen molar-refractivity contribution in [1.82, 2.24) is 0 Å². The van der Waals surface area contributed by atoms with Gasteiger partial charge in [-0.05, 0) is 12.1 Å². The van der Waals surface area contributed by atoms with Gasteiger partial charge in [-0.2, -0.15) is 0 Å². The van der Waals surface area contributed by atoms with Gasteiger partial charge in [0.1, 0.15) is 24.1 Å². The van der Waals surface area contributed by atoms with Gasteiger partial charge in [0.15, 0.2) is 0 Å². The topological polar surface area (TPSA) is 75.7 Å². The average molecular weight is 268 g/mol. The van der Waals surface area contributed by atoms with Crippen LogP contribution in [0, 0.1) is 0 Å². The number of nitrogens with two attached hydrogens (primary N) is 1. The van der Waals surface area contributed by atoms with Crippen molar-refractivity contribution in [2.75, 3.05) is 13.7 Å². The van der Waals surface area contributed by atoms with Crippen molar-refractivity contribution in [2.24, 2.45) is 5.73 Å². The maximum Gasteiger partial charge on any atom is 0.289 e. The molecule has 0 aromatic heterocycles. The van der Waals surface area contributed by atoms with E-state index in [1.54, 1.807) is 0 Å².